The van der Waals surface area contributed by atoms with E-state index in [2.05, 4.69) is 5.32 Å². The van der Waals surface area contributed by atoms with E-state index >= 15 is 0 Å². The van der Waals surface area contributed by atoms with Crippen molar-refractivity contribution in [3.8, 4) is 5.75 Å². The van der Waals surface area contributed by atoms with E-state index in [4.69, 9.17) is 21.4 Å². The van der Waals surface area contributed by atoms with Crippen molar-refractivity contribution in [2.75, 3.05) is 13.2 Å². The van der Waals surface area contributed by atoms with Crippen molar-refractivity contribution in [2.24, 2.45) is 0 Å². The third-order valence-corrected chi connectivity index (χ3v) is 3.06. The van der Waals surface area contributed by atoms with Gasteiger partial charge in [-0.2, -0.15) is 0 Å². The summed E-state index contributed by atoms with van der Waals surface area (Å²) in [5.74, 6) is 0.465. The van der Waals surface area contributed by atoms with Crippen molar-refractivity contribution in [1.29, 1.82) is 0 Å². The average Bonchev–Trinajstić information content (AvgIpc) is 2.37. The van der Waals surface area contributed by atoms with Crippen LogP contribution in [0.3, 0.4) is 0 Å². The van der Waals surface area contributed by atoms with E-state index in [1.165, 1.54) is 0 Å². The maximum atomic E-state index is 12.1. The molecule has 1 aromatic carbocycles. The molecular weight excluding hydrogens is 266 g/mol. The van der Waals surface area contributed by atoms with Crippen LogP contribution in [0.2, 0.25) is 5.02 Å². The Balaban J connectivity index is 2.21. The van der Waals surface area contributed by atoms with Crippen molar-refractivity contribution in [2.45, 2.75) is 19.4 Å². The summed E-state index contributed by atoms with van der Waals surface area (Å²) in [7, 11) is 0. The molecule has 0 atom stereocenters. The summed E-state index contributed by atoms with van der Waals surface area (Å²) in [4.78, 5) is 12.1. The van der Waals surface area contributed by atoms with Crippen LogP contribution in [0.1, 0.15) is 19.4 Å². The van der Waals surface area contributed by atoms with Crippen LogP contribution in [0.25, 0.3) is 6.08 Å². The molecule has 5 heteroatoms. The molecule has 0 spiro atoms. The number of benzene rings is 1. The first-order valence-electron chi connectivity index (χ1n) is 5.97. The highest BCUT2D eigenvalue weighted by atomic mass is 35.5. The van der Waals surface area contributed by atoms with Crippen molar-refractivity contribution >= 4 is 23.6 Å². The standard InChI is InChI=1S/C14H16ClNO3/c1-14(2,8-17)16-13(18)10-5-9-6-11(15)3-4-12(9)19-7-10/h3-6,17H,7-8H2,1-2H3,(H,16,18). The average molecular weight is 282 g/mol. The summed E-state index contributed by atoms with van der Waals surface area (Å²) in [6.07, 6.45) is 1.76. The summed E-state index contributed by atoms with van der Waals surface area (Å²) in [5.41, 5.74) is 0.633. The van der Waals surface area contributed by atoms with Crippen LogP contribution in [-0.2, 0) is 4.79 Å². The molecule has 2 N–H and O–H groups in total. The fourth-order valence-electron chi connectivity index (χ4n) is 1.71. The molecule has 102 valence electrons. The quantitative estimate of drug-likeness (QED) is 0.891. The first kappa shape index (κ1) is 13.9. The van der Waals surface area contributed by atoms with Gasteiger partial charge in [0.2, 0.25) is 0 Å². The van der Waals surface area contributed by atoms with Crippen LogP contribution in [0.15, 0.2) is 23.8 Å². The zero-order valence-corrected chi connectivity index (χ0v) is 11.6. The first-order valence-corrected chi connectivity index (χ1v) is 6.35. The zero-order valence-electron chi connectivity index (χ0n) is 10.9. The minimum atomic E-state index is -0.660. The number of aliphatic hydroxyl groups is 1. The highest BCUT2D eigenvalue weighted by Gasteiger charge is 2.23. The van der Waals surface area contributed by atoms with Gasteiger partial charge in [-0.05, 0) is 38.1 Å². The van der Waals surface area contributed by atoms with Crippen LogP contribution in [0.4, 0.5) is 0 Å². The van der Waals surface area contributed by atoms with E-state index in [1.54, 1.807) is 38.1 Å². The van der Waals surface area contributed by atoms with E-state index in [0.29, 0.717) is 16.3 Å². The van der Waals surface area contributed by atoms with Crippen LogP contribution < -0.4 is 10.1 Å². The second kappa shape index (κ2) is 5.23. The van der Waals surface area contributed by atoms with Crippen molar-refractivity contribution in [3.63, 3.8) is 0 Å². The lowest BCUT2D eigenvalue weighted by Gasteiger charge is -2.25. The van der Waals surface area contributed by atoms with Crippen molar-refractivity contribution in [3.05, 3.63) is 34.4 Å². The number of rotatable bonds is 3. The van der Waals surface area contributed by atoms with E-state index in [-0.39, 0.29) is 19.1 Å². The summed E-state index contributed by atoms with van der Waals surface area (Å²) in [6.45, 7) is 3.58. The Bertz CT molecular complexity index is 537. The van der Waals surface area contributed by atoms with E-state index in [1.807, 2.05) is 0 Å². The zero-order chi connectivity index (χ0) is 14.0. The predicted molar refractivity (Wildman–Crippen MR) is 74.2 cm³/mol. The number of nitrogens with one attached hydrogen (secondary N) is 1. The second-order valence-electron chi connectivity index (χ2n) is 5.14. The van der Waals surface area contributed by atoms with Gasteiger partial charge in [0.25, 0.3) is 5.91 Å². The Morgan fingerprint density at radius 2 is 2.26 bits per heavy atom. The van der Waals surface area contributed by atoms with Gasteiger partial charge in [0.05, 0.1) is 17.7 Å². The number of carbonyl (C=O) groups excluding carboxylic acids is 1. The van der Waals surface area contributed by atoms with Gasteiger partial charge in [-0.15, -0.1) is 0 Å². The Morgan fingerprint density at radius 1 is 1.53 bits per heavy atom. The fraction of sp³-hybridized carbons (Fsp3) is 0.357. The molecule has 1 aliphatic heterocycles. The monoisotopic (exact) mass is 281 g/mol. The number of aliphatic hydroxyl groups excluding tert-OH is 1. The van der Waals surface area contributed by atoms with Gasteiger partial charge in [0.1, 0.15) is 12.4 Å². The fourth-order valence-corrected chi connectivity index (χ4v) is 1.89. The predicted octanol–water partition coefficient (Wildman–Crippen LogP) is 2.00. The molecule has 0 saturated heterocycles. The van der Waals surface area contributed by atoms with Crippen molar-refractivity contribution < 1.29 is 14.6 Å². The topological polar surface area (TPSA) is 58.6 Å². The Kier molecular flexibility index (Phi) is 3.83. The first-order chi connectivity index (χ1) is 8.91. The molecule has 0 unspecified atom stereocenters. The van der Waals surface area contributed by atoms with Crippen LogP contribution in [0, 0.1) is 0 Å². The maximum absolute atomic E-state index is 12.1. The number of fused-ring (bicyclic) bond motifs is 1. The lowest BCUT2D eigenvalue weighted by Crippen LogP contribution is -2.47. The maximum Gasteiger partial charge on any atom is 0.251 e. The molecule has 4 nitrogen and oxygen atoms in total. The van der Waals surface area contributed by atoms with Gasteiger partial charge in [0, 0.05) is 10.6 Å². The number of amides is 1. The van der Waals surface area contributed by atoms with Gasteiger partial charge >= 0.3 is 0 Å². The van der Waals surface area contributed by atoms with Gasteiger partial charge in [-0.3, -0.25) is 4.79 Å². The summed E-state index contributed by atoms with van der Waals surface area (Å²) >= 11 is 5.91. The SMILES string of the molecule is CC(C)(CO)NC(=O)C1=Cc2cc(Cl)ccc2OC1. The minimum Gasteiger partial charge on any atom is -0.488 e. The van der Waals surface area contributed by atoms with Gasteiger partial charge < -0.3 is 15.2 Å². The van der Waals surface area contributed by atoms with Crippen LogP contribution >= 0.6 is 11.6 Å². The molecule has 0 bridgehead atoms. The van der Waals surface area contributed by atoms with Gasteiger partial charge in [-0.1, -0.05) is 11.6 Å². The van der Waals surface area contributed by atoms with Crippen LogP contribution in [-0.4, -0.2) is 29.8 Å². The Hall–Kier alpha value is -1.52. The Morgan fingerprint density at radius 3 is 2.95 bits per heavy atom. The number of carbonyl (C=O) groups is 1. The molecule has 0 aliphatic carbocycles. The molecule has 0 radical (unpaired) electrons. The number of ether oxygens (including phenoxy) is 1. The lowest BCUT2D eigenvalue weighted by molar-refractivity contribution is -0.119. The van der Waals surface area contributed by atoms with Gasteiger partial charge in [0.15, 0.2) is 0 Å². The number of hydrogen-bond donors (Lipinski definition) is 2. The summed E-state index contributed by atoms with van der Waals surface area (Å²) in [5, 5.41) is 12.5. The molecule has 1 aliphatic rings. The third-order valence-electron chi connectivity index (χ3n) is 2.82. The number of hydrogen-bond acceptors (Lipinski definition) is 3. The second-order valence-corrected chi connectivity index (χ2v) is 5.57. The normalized spacial score (nSPS) is 14.2. The van der Waals surface area contributed by atoms with Crippen LogP contribution in [0.5, 0.6) is 5.75 Å². The lowest BCUT2D eigenvalue weighted by atomic mass is 10.0. The van der Waals surface area contributed by atoms with Gasteiger partial charge in [-0.25, -0.2) is 0 Å². The highest BCUT2D eigenvalue weighted by Crippen LogP contribution is 2.29. The molecule has 0 saturated carbocycles. The highest BCUT2D eigenvalue weighted by molar-refractivity contribution is 6.30. The molecule has 0 aromatic heterocycles. The third kappa shape index (κ3) is 3.28. The molecule has 19 heavy (non-hydrogen) atoms. The van der Waals surface area contributed by atoms with E-state index in [9.17, 15) is 4.79 Å². The minimum absolute atomic E-state index is 0.130. The van der Waals surface area contributed by atoms with E-state index in [0.717, 1.165) is 5.56 Å². The molecule has 0 fully saturated rings. The summed E-state index contributed by atoms with van der Waals surface area (Å²) < 4.78 is 5.51. The van der Waals surface area contributed by atoms with Crippen molar-refractivity contribution in [1.82, 2.24) is 5.32 Å². The smallest absolute Gasteiger partial charge is 0.251 e. The molecule has 1 heterocycles. The summed E-state index contributed by atoms with van der Waals surface area (Å²) in [6, 6.07) is 5.27. The molecular formula is C14H16ClNO3. The molecule has 1 aromatic rings. The Labute approximate surface area is 117 Å². The largest absolute Gasteiger partial charge is 0.488 e. The van der Waals surface area contributed by atoms with E-state index < -0.39 is 5.54 Å². The molecule has 1 amide bonds. The molecule has 2 rings (SSSR count). The number of halogens is 1.